The highest BCUT2D eigenvalue weighted by Crippen LogP contribution is 2.22. The van der Waals surface area contributed by atoms with Gasteiger partial charge in [-0.1, -0.05) is 12.1 Å². The molecular weight excluding hydrogens is 234 g/mol. The number of carbonyl (C=O) groups is 3. The normalized spacial score (nSPS) is 15.7. The van der Waals surface area contributed by atoms with Crippen LogP contribution < -0.4 is 0 Å². The summed E-state index contributed by atoms with van der Waals surface area (Å²) >= 11 is 0. The molecule has 2 amide bonds. The third-order valence-electron chi connectivity index (χ3n) is 2.92. The van der Waals surface area contributed by atoms with Gasteiger partial charge in [0.1, 0.15) is 12.4 Å². The zero-order valence-electron chi connectivity index (χ0n) is 9.70. The fraction of sp³-hybridized carbons (Fsp3) is 0.308. The molecule has 1 aliphatic heterocycles. The maximum atomic E-state index is 11.9. The van der Waals surface area contributed by atoms with Gasteiger partial charge in [-0.05, 0) is 25.0 Å². The molecule has 0 saturated carbocycles. The molecule has 1 aromatic rings. The van der Waals surface area contributed by atoms with Crippen LogP contribution >= 0.6 is 0 Å². The molecule has 18 heavy (non-hydrogen) atoms. The first-order chi connectivity index (χ1) is 8.65. The summed E-state index contributed by atoms with van der Waals surface area (Å²) in [6.07, 6.45) is 0.0742. The van der Waals surface area contributed by atoms with Crippen LogP contribution in [0.3, 0.4) is 0 Å². The number of amides is 2. The molecule has 5 heteroatoms. The Morgan fingerprint density at radius 2 is 1.72 bits per heavy atom. The Morgan fingerprint density at radius 1 is 1.17 bits per heavy atom. The van der Waals surface area contributed by atoms with E-state index in [9.17, 15) is 14.4 Å². The van der Waals surface area contributed by atoms with Crippen molar-refractivity contribution in [3.05, 3.63) is 35.4 Å². The van der Waals surface area contributed by atoms with E-state index >= 15 is 0 Å². The number of imide groups is 1. The van der Waals surface area contributed by atoms with Crippen molar-refractivity contribution in [2.24, 2.45) is 0 Å². The quantitative estimate of drug-likeness (QED) is 0.611. The smallest absolute Gasteiger partial charge is 0.261 e. The Morgan fingerprint density at radius 3 is 2.22 bits per heavy atom. The molecular formula is C13H13NO4. The fourth-order valence-electron chi connectivity index (χ4n) is 1.97. The minimum Gasteiger partial charge on any atom is -0.386 e. The summed E-state index contributed by atoms with van der Waals surface area (Å²) in [6.45, 7) is 0.219. The van der Waals surface area contributed by atoms with Crippen LogP contribution in [0.5, 0.6) is 0 Å². The molecule has 0 fully saturated rings. The van der Waals surface area contributed by atoms with E-state index in [0.717, 1.165) is 4.90 Å². The summed E-state index contributed by atoms with van der Waals surface area (Å²) in [6, 6.07) is 6.67. The summed E-state index contributed by atoms with van der Waals surface area (Å²) in [4.78, 5) is 35.2. The molecule has 0 saturated heterocycles. The lowest BCUT2D eigenvalue weighted by atomic mass is 10.1. The highest BCUT2D eigenvalue weighted by atomic mass is 16.3. The predicted molar refractivity (Wildman–Crippen MR) is 63.1 cm³/mol. The third-order valence-corrected chi connectivity index (χ3v) is 2.92. The Kier molecular flexibility index (Phi) is 3.53. The number of hydrogen-bond acceptors (Lipinski definition) is 4. The van der Waals surface area contributed by atoms with Crippen LogP contribution in [0, 0.1) is 0 Å². The number of aliphatic hydroxyl groups is 1. The monoisotopic (exact) mass is 247 g/mol. The second-order valence-corrected chi connectivity index (χ2v) is 4.15. The first-order valence-electron chi connectivity index (χ1n) is 5.73. The number of hydrogen-bond donors (Lipinski definition) is 1. The second kappa shape index (κ2) is 5.10. The van der Waals surface area contributed by atoms with Crippen LogP contribution in [0.4, 0.5) is 0 Å². The molecule has 1 heterocycles. The van der Waals surface area contributed by atoms with Crippen molar-refractivity contribution in [1.29, 1.82) is 0 Å². The van der Waals surface area contributed by atoms with E-state index in [2.05, 4.69) is 0 Å². The van der Waals surface area contributed by atoms with E-state index in [1.807, 2.05) is 0 Å². The number of fused-ring (bicyclic) bond motifs is 1. The number of nitrogens with zero attached hydrogens (tertiary/aromatic N) is 1. The summed E-state index contributed by atoms with van der Waals surface area (Å²) < 4.78 is 0. The van der Waals surface area contributed by atoms with Gasteiger partial charge < -0.3 is 9.90 Å². The molecule has 1 N–H and O–H groups in total. The molecule has 0 aromatic heterocycles. The van der Waals surface area contributed by atoms with Crippen molar-refractivity contribution in [2.75, 3.05) is 6.54 Å². The molecule has 1 aliphatic rings. The van der Waals surface area contributed by atoms with Gasteiger partial charge in [-0.3, -0.25) is 14.5 Å². The van der Waals surface area contributed by atoms with E-state index in [0.29, 0.717) is 23.8 Å². The van der Waals surface area contributed by atoms with Gasteiger partial charge in [0, 0.05) is 6.54 Å². The lowest BCUT2D eigenvalue weighted by molar-refractivity contribution is -0.115. The summed E-state index contributed by atoms with van der Waals surface area (Å²) in [5.74, 6) is -0.618. The SMILES string of the molecule is O=CC(O)CCCN1C(=O)c2ccccc2C1=O. The molecule has 0 radical (unpaired) electrons. The van der Waals surface area contributed by atoms with Gasteiger partial charge in [0.05, 0.1) is 11.1 Å². The van der Waals surface area contributed by atoms with Crippen LogP contribution in [-0.2, 0) is 4.79 Å². The second-order valence-electron chi connectivity index (χ2n) is 4.15. The Bertz CT molecular complexity index is 463. The maximum absolute atomic E-state index is 11.9. The van der Waals surface area contributed by atoms with Crippen LogP contribution in [-0.4, -0.2) is 40.8 Å². The minimum absolute atomic E-state index is 0.219. The van der Waals surface area contributed by atoms with Crippen molar-refractivity contribution in [1.82, 2.24) is 4.90 Å². The van der Waals surface area contributed by atoms with Crippen LogP contribution in [0.1, 0.15) is 33.6 Å². The fourth-order valence-corrected chi connectivity index (χ4v) is 1.97. The minimum atomic E-state index is -1.03. The third kappa shape index (κ3) is 2.17. The Labute approximate surface area is 104 Å². The molecule has 0 bridgehead atoms. The molecule has 5 nitrogen and oxygen atoms in total. The van der Waals surface area contributed by atoms with Crippen LogP contribution in [0.15, 0.2) is 24.3 Å². The number of rotatable bonds is 5. The van der Waals surface area contributed by atoms with Gasteiger partial charge in [-0.15, -0.1) is 0 Å². The van der Waals surface area contributed by atoms with Crippen LogP contribution in [0.25, 0.3) is 0 Å². The number of aldehydes is 1. The molecule has 0 aliphatic carbocycles. The van der Waals surface area contributed by atoms with Crippen molar-refractivity contribution >= 4 is 18.1 Å². The Balaban J connectivity index is 2.03. The van der Waals surface area contributed by atoms with Crippen LogP contribution in [0.2, 0.25) is 0 Å². The van der Waals surface area contributed by atoms with Crippen molar-refractivity contribution in [3.8, 4) is 0 Å². The van der Waals surface area contributed by atoms with Gasteiger partial charge in [-0.2, -0.15) is 0 Å². The molecule has 1 aromatic carbocycles. The number of aliphatic hydroxyl groups excluding tert-OH is 1. The van der Waals surface area contributed by atoms with Crippen molar-refractivity contribution in [2.45, 2.75) is 18.9 Å². The van der Waals surface area contributed by atoms with E-state index in [1.165, 1.54) is 0 Å². The zero-order valence-corrected chi connectivity index (χ0v) is 9.70. The molecule has 1 unspecified atom stereocenters. The van der Waals surface area contributed by atoms with Gasteiger partial charge in [-0.25, -0.2) is 0 Å². The number of carbonyl (C=O) groups excluding carboxylic acids is 3. The van der Waals surface area contributed by atoms with Gasteiger partial charge in [0.2, 0.25) is 0 Å². The van der Waals surface area contributed by atoms with Gasteiger partial charge in [0.25, 0.3) is 11.8 Å². The first kappa shape index (κ1) is 12.4. The van der Waals surface area contributed by atoms with E-state index in [1.54, 1.807) is 24.3 Å². The largest absolute Gasteiger partial charge is 0.386 e. The van der Waals surface area contributed by atoms with Crippen molar-refractivity contribution < 1.29 is 19.5 Å². The van der Waals surface area contributed by atoms with Gasteiger partial charge >= 0.3 is 0 Å². The Hall–Kier alpha value is -2.01. The number of benzene rings is 1. The summed E-state index contributed by atoms with van der Waals surface area (Å²) in [5.41, 5.74) is 0.830. The van der Waals surface area contributed by atoms with Crippen molar-refractivity contribution in [3.63, 3.8) is 0 Å². The van der Waals surface area contributed by atoms with E-state index < -0.39 is 6.10 Å². The lowest BCUT2D eigenvalue weighted by Crippen LogP contribution is -2.31. The average Bonchev–Trinajstić information content (AvgIpc) is 2.64. The standard InChI is InChI=1S/C13H13NO4/c15-8-9(16)4-3-7-14-12(17)10-5-1-2-6-11(10)13(14)18/h1-2,5-6,8-9,16H,3-4,7H2. The zero-order chi connectivity index (χ0) is 13.1. The first-order valence-corrected chi connectivity index (χ1v) is 5.73. The predicted octanol–water partition coefficient (Wildman–Crippen LogP) is 0.623. The average molecular weight is 247 g/mol. The molecule has 2 rings (SSSR count). The van der Waals surface area contributed by atoms with E-state index in [4.69, 9.17) is 5.11 Å². The molecule has 94 valence electrons. The highest BCUT2D eigenvalue weighted by Gasteiger charge is 2.34. The maximum Gasteiger partial charge on any atom is 0.261 e. The summed E-state index contributed by atoms with van der Waals surface area (Å²) in [7, 11) is 0. The molecule has 1 atom stereocenters. The lowest BCUT2D eigenvalue weighted by Gasteiger charge is -2.13. The topological polar surface area (TPSA) is 74.7 Å². The summed E-state index contributed by atoms with van der Waals surface area (Å²) in [5, 5.41) is 9.08. The van der Waals surface area contributed by atoms with Gasteiger partial charge in [0.15, 0.2) is 0 Å². The molecule has 0 spiro atoms. The van der Waals surface area contributed by atoms with E-state index in [-0.39, 0.29) is 24.8 Å². The highest BCUT2D eigenvalue weighted by molar-refractivity contribution is 6.21.